The molecule has 1 aromatic carbocycles. The van der Waals surface area contributed by atoms with Crippen LogP contribution in [-0.4, -0.2) is 23.8 Å². The van der Waals surface area contributed by atoms with Gasteiger partial charge in [-0.3, -0.25) is 0 Å². The Morgan fingerprint density at radius 2 is 2.19 bits per heavy atom. The Morgan fingerprint density at radius 1 is 1.50 bits per heavy atom. The zero-order chi connectivity index (χ0) is 11.9. The van der Waals surface area contributed by atoms with Crippen molar-refractivity contribution in [2.24, 2.45) is 0 Å². The molecular formula is C13H18ClNO. The quantitative estimate of drug-likeness (QED) is 0.858. The molecule has 0 aliphatic carbocycles. The molecule has 2 nitrogen and oxygen atoms in total. The van der Waals surface area contributed by atoms with E-state index in [4.69, 9.17) is 11.6 Å². The van der Waals surface area contributed by atoms with Crippen LogP contribution in [-0.2, 0) is 0 Å². The van der Waals surface area contributed by atoms with Crippen molar-refractivity contribution >= 4 is 17.3 Å². The Hall–Kier alpha value is -0.730. The molecule has 0 bridgehead atoms. The molecule has 1 aromatic rings. The molecule has 0 saturated carbocycles. The van der Waals surface area contributed by atoms with Crippen molar-refractivity contribution in [1.29, 1.82) is 0 Å². The van der Waals surface area contributed by atoms with E-state index in [2.05, 4.69) is 11.8 Å². The number of likely N-dealkylation sites (N-methyl/N-ethyl adjacent to an activating group) is 1. The van der Waals surface area contributed by atoms with E-state index < -0.39 is 5.60 Å². The number of rotatable bonds is 2. The highest BCUT2D eigenvalue weighted by Crippen LogP contribution is 2.42. The van der Waals surface area contributed by atoms with Crippen molar-refractivity contribution in [3.63, 3.8) is 0 Å². The fourth-order valence-electron chi connectivity index (χ4n) is 2.41. The van der Waals surface area contributed by atoms with Gasteiger partial charge in [0.2, 0.25) is 0 Å². The van der Waals surface area contributed by atoms with Gasteiger partial charge in [0, 0.05) is 29.7 Å². The second kappa shape index (κ2) is 3.94. The highest BCUT2D eigenvalue weighted by atomic mass is 35.5. The highest BCUT2D eigenvalue weighted by Gasteiger charge is 2.37. The summed E-state index contributed by atoms with van der Waals surface area (Å²) in [5.41, 5.74) is 1.67. The maximum absolute atomic E-state index is 10.2. The van der Waals surface area contributed by atoms with Gasteiger partial charge in [0.05, 0.1) is 5.60 Å². The molecule has 1 aliphatic heterocycles. The van der Waals surface area contributed by atoms with Gasteiger partial charge in [0.1, 0.15) is 0 Å². The summed E-state index contributed by atoms with van der Waals surface area (Å²) in [4.78, 5) is 2.29. The molecule has 0 fully saturated rings. The minimum atomic E-state index is -0.705. The van der Waals surface area contributed by atoms with Crippen LogP contribution in [0, 0.1) is 0 Å². The van der Waals surface area contributed by atoms with Crippen molar-refractivity contribution in [1.82, 2.24) is 0 Å². The van der Waals surface area contributed by atoms with Gasteiger partial charge in [-0.25, -0.2) is 0 Å². The zero-order valence-corrected chi connectivity index (χ0v) is 10.8. The van der Waals surface area contributed by atoms with Gasteiger partial charge < -0.3 is 10.0 Å². The van der Waals surface area contributed by atoms with Crippen molar-refractivity contribution in [3.8, 4) is 0 Å². The van der Waals surface area contributed by atoms with Crippen LogP contribution >= 0.6 is 11.6 Å². The highest BCUT2D eigenvalue weighted by molar-refractivity contribution is 6.30. The molecule has 1 N–H and O–H groups in total. The number of hydrogen-bond acceptors (Lipinski definition) is 2. The number of anilines is 1. The summed E-state index contributed by atoms with van der Waals surface area (Å²) in [5, 5.41) is 10.9. The van der Waals surface area contributed by atoms with Crippen LogP contribution < -0.4 is 4.90 Å². The van der Waals surface area contributed by atoms with Crippen LogP contribution in [0.5, 0.6) is 0 Å². The summed E-state index contributed by atoms with van der Waals surface area (Å²) < 4.78 is 0. The Bertz CT molecular complexity index is 397. The summed E-state index contributed by atoms with van der Waals surface area (Å²) in [7, 11) is 0. The average molecular weight is 240 g/mol. The van der Waals surface area contributed by atoms with E-state index in [1.165, 1.54) is 11.3 Å². The van der Waals surface area contributed by atoms with Gasteiger partial charge in [-0.05, 0) is 44.5 Å². The predicted molar refractivity (Wildman–Crippen MR) is 68.4 cm³/mol. The van der Waals surface area contributed by atoms with Crippen LogP contribution in [0.25, 0.3) is 0 Å². The lowest BCUT2D eigenvalue weighted by atomic mass is 9.86. The molecule has 1 heterocycles. The van der Waals surface area contributed by atoms with Crippen molar-refractivity contribution < 1.29 is 5.11 Å². The third-order valence-corrected chi connectivity index (χ3v) is 3.58. The van der Waals surface area contributed by atoms with Gasteiger partial charge in [-0.1, -0.05) is 11.6 Å². The Balaban J connectivity index is 2.47. The minimum Gasteiger partial charge on any atom is -0.390 e. The van der Waals surface area contributed by atoms with E-state index in [9.17, 15) is 5.11 Å². The number of aliphatic hydroxyl groups is 1. The van der Waals surface area contributed by atoms with E-state index in [1.54, 1.807) is 0 Å². The molecule has 0 radical (unpaired) electrons. The smallest absolute Gasteiger partial charge is 0.0677 e. The Kier molecular flexibility index (Phi) is 2.89. The number of benzene rings is 1. The monoisotopic (exact) mass is 239 g/mol. The molecule has 0 amide bonds. The zero-order valence-electron chi connectivity index (χ0n) is 10.00. The number of nitrogens with zero attached hydrogens (tertiary/aromatic N) is 1. The van der Waals surface area contributed by atoms with E-state index in [1.807, 2.05) is 32.0 Å². The van der Waals surface area contributed by atoms with E-state index in [-0.39, 0.29) is 5.92 Å². The lowest BCUT2D eigenvalue weighted by Crippen LogP contribution is -2.33. The molecule has 1 atom stereocenters. The minimum absolute atomic E-state index is 0.140. The second-order valence-corrected chi connectivity index (χ2v) is 5.38. The first-order valence-electron chi connectivity index (χ1n) is 5.70. The number of fused-ring (bicyclic) bond motifs is 1. The third kappa shape index (κ3) is 1.92. The first-order valence-corrected chi connectivity index (χ1v) is 6.08. The van der Waals surface area contributed by atoms with E-state index in [0.29, 0.717) is 0 Å². The summed E-state index contributed by atoms with van der Waals surface area (Å²) in [6.45, 7) is 7.69. The molecule has 0 saturated heterocycles. The van der Waals surface area contributed by atoms with Crippen molar-refractivity contribution in [3.05, 3.63) is 28.8 Å². The maximum Gasteiger partial charge on any atom is 0.0677 e. The average Bonchev–Trinajstić information content (AvgIpc) is 2.54. The Morgan fingerprint density at radius 3 is 2.75 bits per heavy atom. The first-order chi connectivity index (χ1) is 7.43. The SMILES string of the molecule is CCN1CC(C(C)(C)O)c2cc(Cl)ccc21. The van der Waals surface area contributed by atoms with Gasteiger partial charge >= 0.3 is 0 Å². The first kappa shape index (κ1) is 11.7. The second-order valence-electron chi connectivity index (χ2n) is 4.95. The molecule has 0 spiro atoms. The lowest BCUT2D eigenvalue weighted by Gasteiger charge is -2.26. The maximum atomic E-state index is 10.2. The summed E-state index contributed by atoms with van der Waals surface area (Å²) in [6.07, 6.45) is 0. The summed E-state index contributed by atoms with van der Waals surface area (Å²) in [6, 6.07) is 5.94. The van der Waals surface area contributed by atoms with Crippen LogP contribution in [0.15, 0.2) is 18.2 Å². The molecule has 3 heteroatoms. The molecule has 1 unspecified atom stereocenters. The fourth-order valence-corrected chi connectivity index (χ4v) is 2.59. The normalized spacial score (nSPS) is 20.1. The number of halogens is 1. The van der Waals surface area contributed by atoms with Gasteiger partial charge in [0.25, 0.3) is 0 Å². The molecule has 1 aliphatic rings. The molecular weight excluding hydrogens is 222 g/mol. The van der Waals surface area contributed by atoms with Crippen molar-refractivity contribution in [2.75, 3.05) is 18.0 Å². The van der Waals surface area contributed by atoms with E-state index >= 15 is 0 Å². The van der Waals surface area contributed by atoms with Crippen LogP contribution in [0.1, 0.15) is 32.3 Å². The van der Waals surface area contributed by atoms with E-state index in [0.717, 1.165) is 18.1 Å². The molecule has 16 heavy (non-hydrogen) atoms. The molecule has 88 valence electrons. The van der Waals surface area contributed by atoms with Crippen LogP contribution in [0.4, 0.5) is 5.69 Å². The standard InChI is InChI=1S/C13H18ClNO/c1-4-15-8-11(13(2,3)16)10-7-9(14)5-6-12(10)15/h5-7,11,16H,4,8H2,1-3H3. The van der Waals surface area contributed by atoms with Gasteiger partial charge in [-0.15, -0.1) is 0 Å². The summed E-state index contributed by atoms with van der Waals surface area (Å²) in [5.74, 6) is 0.140. The van der Waals surface area contributed by atoms with Gasteiger partial charge in [-0.2, -0.15) is 0 Å². The summed E-state index contributed by atoms with van der Waals surface area (Å²) >= 11 is 6.03. The third-order valence-electron chi connectivity index (χ3n) is 3.34. The molecule has 0 aromatic heterocycles. The van der Waals surface area contributed by atoms with Gasteiger partial charge in [0.15, 0.2) is 0 Å². The topological polar surface area (TPSA) is 23.5 Å². The Labute approximate surface area is 102 Å². The largest absolute Gasteiger partial charge is 0.390 e. The van der Waals surface area contributed by atoms with Crippen LogP contribution in [0.3, 0.4) is 0 Å². The number of hydrogen-bond donors (Lipinski definition) is 1. The van der Waals surface area contributed by atoms with Crippen molar-refractivity contribution in [2.45, 2.75) is 32.3 Å². The predicted octanol–water partition coefficient (Wildman–Crippen LogP) is 3.03. The lowest BCUT2D eigenvalue weighted by molar-refractivity contribution is 0.0549. The fraction of sp³-hybridized carbons (Fsp3) is 0.538. The van der Waals surface area contributed by atoms with Crippen LogP contribution in [0.2, 0.25) is 5.02 Å². The molecule has 2 rings (SSSR count).